The van der Waals surface area contributed by atoms with Crippen LogP contribution in [-0.4, -0.2) is 36.2 Å². The van der Waals surface area contributed by atoms with Crippen LogP contribution >= 0.6 is 0 Å². The van der Waals surface area contributed by atoms with E-state index in [2.05, 4.69) is 23.4 Å². The molecule has 1 amide bonds. The molecule has 4 nitrogen and oxygen atoms in total. The lowest BCUT2D eigenvalue weighted by molar-refractivity contribution is 0.0165. The molecule has 2 atom stereocenters. The molecule has 1 heterocycles. The van der Waals surface area contributed by atoms with Crippen LogP contribution in [-0.2, 0) is 4.74 Å². The van der Waals surface area contributed by atoms with Crippen LogP contribution in [0.15, 0.2) is 30.3 Å². The first-order chi connectivity index (χ1) is 11.9. The van der Waals surface area contributed by atoms with Gasteiger partial charge in [-0.2, -0.15) is 0 Å². The predicted molar refractivity (Wildman–Crippen MR) is 101 cm³/mol. The van der Waals surface area contributed by atoms with Gasteiger partial charge < -0.3 is 15.0 Å². The topological polar surface area (TPSA) is 41.6 Å². The van der Waals surface area contributed by atoms with E-state index in [1.165, 1.54) is 5.56 Å². The zero-order chi connectivity index (χ0) is 18.3. The van der Waals surface area contributed by atoms with Crippen molar-refractivity contribution >= 4 is 6.09 Å². The summed E-state index contributed by atoms with van der Waals surface area (Å²) in [6.45, 7) is 8.06. The number of hydrogen-bond acceptors (Lipinski definition) is 3. The number of nitrogens with one attached hydrogen (secondary N) is 1. The Labute approximate surface area is 151 Å². The van der Waals surface area contributed by atoms with Gasteiger partial charge in [0.05, 0.1) is 0 Å². The van der Waals surface area contributed by atoms with Crippen LogP contribution in [0.1, 0.15) is 51.6 Å². The number of hydrogen-bond donors (Lipinski definition) is 1. The summed E-state index contributed by atoms with van der Waals surface area (Å²) in [5.74, 6) is 3.18. The Morgan fingerprint density at radius 2 is 2.12 bits per heavy atom. The van der Waals surface area contributed by atoms with Gasteiger partial charge in [-0.3, -0.25) is 0 Å². The Morgan fingerprint density at radius 3 is 2.76 bits per heavy atom. The van der Waals surface area contributed by atoms with Crippen LogP contribution in [0.5, 0.6) is 0 Å². The Kier molecular flexibility index (Phi) is 6.90. The summed E-state index contributed by atoms with van der Waals surface area (Å²) in [6.07, 6.45) is 8.11. The molecular weight excluding hydrogens is 312 g/mol. The van der Waals surface area contributed by atoms with Crippen LogP contribution in [0.3, 0.4) is 0 Å². The molecule has 4 heteroatoms. The maximum absolute atomic E-state index is 12.3. The van der Waals surface area contributed by atoms with Gasteiger partial charge in [0.25, 0.3) is 0 Å². The van der Waals surface area contributed by atoms with Crippen molar-refractivity contribution in [2.75, 3.05) is 19.6 Å². The van der Waals surface area contributed by atoms with Gasteiger partial charge in [0, 0.05) is 32.1 Å². The third-order valence-corrected chi connectivity index (χ3v) is 4.35. The summed E-state index contributed by atoms with van der Waals surface area (Å²) in [5.41, 5.74) is 0.758. The van der Waals surface area contributed by atoms with Crippen LogP contribution in [0.2, 0.25) is 0 Å². The first-order valence-electron chi connectivity index (χ1n) is 9.09. The summed E-state index contributed by atoms with van der Waals surface area (Å²) in [7, 11) is 0. The summed E-state index contributed by atoms with van der Waals surface area (Å²) in [4.78, 5) is 14.1. The van der Waals surface area contributed by atoms with Gasteiger partial charge in [-0.25, -0.2) is 4.79 Å². The molecule has 2 rings (SSSR count). The Bertz CT molecular complexity index is 586. The molecule has 1 aromatic carbocycles. The number of ether oxygens (including phenoxy) is 1. The fourth-order valence-corrected chi connectivity index (χ4v) is 3.14. The molecule has 0 saturated carbocycles. The molecule has 1 aromatic rings. The van der Waals surface area contributed by atoms with Gasteiger partial charge in [0.2, 0.25) is 0 Å². The van der Waals surface area contributed by atoms with E-state index in [4.69, 9.17) is 11.2 Å². The van der Waals surface area contributed by atoms with Crippen molar-refractivity contribution in [1.82, 2.24) is 10.2 Å². The van der Waals surface area contributed by atoms with Gasteiger partial charge in [-0.05, 0) is 45.1 Å². The number of piperidine rings is 1. The first kappa shape index (κ1) is 19.3. The number of carbonyl (C=O) groups excluding carboxylic acids is 1. The number of rotatable bonds is 5. The normalized spacial score (nSPS) is 19.1. The van der Waals surface area contributed by atoms with Crippen molar-refractivity contribution in [3.8, 4) is 12.3 Å². The summed E-state index contributed by atoms with van der Waals surface area (Å²) in [5, 5.41) is 3.59. The number of benzene rings is 1. The van der Waals surface area contributed by atoms with E-state index in [0.717, 1.165) is 32.5 Å². The smallest absolute Gasteiger partial charge is 0.410 e. The third-order valence-electron chi connectivity index (χ3n) is 4.35. The van der Waals surface area contributed by atoms with E-state index in [0.29, 0.717) is 12.3 Å². The molecule has 0 bridgehead atoms. The molecule has 136 valence electrons. The van der Waals surface area contributed by atoms with Gasteiger partial charge in [0.1, 0.15) is 5.60 Å². The van der Waals surface area contributed by atoms with Gasteiger partial charge in [-0.15, -0.1) is 12.3 Å². The van der Waals surface area contributed by atoms with Crippen molar-refractivity contribution in [3.63, 3.8) is 0 Å². The molecule has 1 aliphatic heterocycles. The number of amides is 1. The first-order valence-corrected chi connectivity index (χ1v) is 9.09. The number of likely N-dealkylation sites (tertiary alicyclic amines) is 1. The van der Waals surface area contributed by atoms with Crippen molar-refractivity contribution in [3.05, 3.63) is 35.9 Å². The second-order valence-corrected chi connectivity index (χ2v) is 7.71. The predicted octanol–water partition coefficient (Wildman–Crippen LogP) is 3.99. The van der Waals surface area contributed by atoms with Crippen LogP contribution in [0, 0.1) is 18.3 Å². The standard InChI is InChI=1S/C21H30N2O2/c1-5-10-19(18-12-7-6-8-13-18)22-15-17-11-9-14-23(16-17)20(24)25-21(2,3)4/h1,6-8,12-13,17,19,22H,9-11,14-16H2,2-4H3/t17-,19-/m1/s1. The van der Waals surface area contributed by atoms with Gasteiger partial charge in [-0.1, -0.05) is 30.3 Å². The van der Waals surface area contributed by atoms with Gasteiger partial charge >= 0.3 is 6.09 Å². The van der Waals surface area contributed by atoms with E-state index in [9.17, 15) is 4.79 Å². The second kappa shape index (κ2) is 8.92. The highest BCUT2D eigenvalue weighted by Crippen LogP contribution is 2.21. The minimum atomic E-state index is -0.451. The van der Waals surface area contributed by atoms with Crippen molar-refractivity contribution in [2.24, 2.45) is 5.92 Å². The number of carbonyl (C=O) groups is 1. The van der Waals surface area contributed by atoms with E-state index in [1.807, 2.05) is 43.9 Å². The van der Waals surface area contributed by atoms with E-state index >= 15 is 0 Å². The van der Waals surface area contributed by atoms with E-state index in [1.54, 1.807) is 0 Å². The lowest BCUT2D eigenvalue weighted by Crippen LogP contribution is -2.45. The molecule has 0 aliphatic carbocycles. The number of terminal acetylenes is 1. The van der Waals surface area contributed by atoms with E-state index < -0.39 is 5.60 Å². The molecule has 0 radical (unpaired) electrons. The lowest BCUT2D eigenvalue weighted by Gasteiger charge is -2.34. The monoisotopic (exact) mass is 342 g/mol. The molecule has 1 aliphatic rings. The molecule has 25 heavy (non-hydrogen) atoms. The third kappa shape index (κ3) is 6.43. The lowest BCUT2D eigenvalue weighted by atomic mass is 9.96. The fourth-order valence-electron chi connectivity index (χ4n) is 3.14. The second-order valence-electron chi connectivity index (χ2n) is 7.71. The molecule has 0 unspecified atom stereocenters. The molecule has 0 aromatic heterocycles. The quantitative estimate of drug-likeness (QED) is 0.823. The maximum Gasteiger partial charge on any atom is 0.410 e. The van der Waals surface area contributed by atoms with Crippen LogP contribution in [0.25, 0.3) is 0 Å². The fraction of sp³-hybridized carbons (Fsp3) is 0.571. The summed E-state index contributed by atoms with van der Waals surface area (Å²) < 4.78 is 5.50. The van der Waals surface area contributed by atoms with E-state index in [-0.39, 0.29) is 12.1 Å². The number of nitrogens with zero attached hydrogens (tertiary/aromatic N) is 1. The highest BCUT2D eigenvalue weighted by Gasteiger charge is 2.27. The van der Waals surface area contributed by atoms with Crippen molar-refractivity contribution < 1.29 is 9.53 Å². The SMILES string of the molecule is C#CC[C@@H](NC[C@H]1CCCN(C(=O)OC(C)(C)C)C1)c1ccccc1. The Hall–Kier alpha value is -1.99. The van der Waals surface area contributed by atoms with Crippen molar-refractivity contribution in [2.45, 2.75) is 51.7 Å². The van der Waals surface area contributed by atoms with Crippen LogP contribution in [0.4, 0.5) is 4.79 Å². The molecule has 1 saturated heterocycles. The molecule has 0 spiro atoms. The molecule has 1 N–H and O–H groups in total. The van der Waals surface area contributed by atoms with Gasteiger partial charge in [0.15, 0.2) is 0 Å². The Balaban J connectivity index is 1.89. The average molecular weight is 342 g/mol. The average Bonchev–Trinajstić information content (AvgIpc) is 2.58. The maximum atomic E-state index is 12.3. The van der Waals surface area contributed by atoms with Crippen molar-refractivity contribution in [1.29, 1.82) is 0 Å². The minimum absolute atomic E-state index is 0.156. The molecule has 1 fully saturated rings. The zero-order valence-corrected chi connectivity index (χ0v) is 15.6. The van der Waals surface area contributed by atoms with Crippen LogP contribution < -0.4 is 5.32 Å². The summed E-state index contributed by atoms with van der Waals surface area (Å²) >= 11 is 0. The molecular formula is C21H30N2O2. The Morgan fingerprint density at radius 1 is 1.40 bits per heavy atom. The highest BCUT2D eigenvalue weighted by atomic mass is 16.6. The zero-order valence-electron chi connectivity index (χ0n) is 15.6. The summed E-state index contributed by atoms with van der Waals surface area (Å²) in [6, 6.07) is 10.4. The highest BCUT2D eigenvalue weighted by molar-refractivity contribution is 5.68. The largest absolute Gasteiger partial charge is 0.444 e. The minimum Gasteiger partial charge on any atom is -0.444 e.